The summed E-state index contributed by atoms with van der Waals surface area (Å²) < 4.78 is 3.79. The highest BCUT2D eigenvalue weighted by Crippen LogP contribution is 2.25. The average Bonchev–Trinajstić information content (AvgIpc) is 3.11. The van der Waals surface area contributed by atoms with E-state index in [0.29, 0.717) is 17.8 Å². The van der Waals surface area contributed by atoms with Crippen LogP contribution in [-0.2, 0) is 0 Å². The maximum atomic E-state index is 12.4. The minimum atomic E-state index is 0.0575. The first-order chi connectivity index (χ1) is 8.86. The molecular formula is C12H18N4OS. The molecule has 0 aromatic carbocycles. The van der Waals surface area contributed by atoms with Crippen LogP contribution >= 0.6 is 11.5 Å². The first-order valence-electron chi connectivity index (χ1n) is 6.67. The number of nitrogens with one attached hydrogen (secondary N) is 1. The SMILES string of the molecule is O=C(c1csnn1)N1CCCCC1C1CCCN1. The first-order valence-corrected chi connectivity index (χ1v) is 7.51. The van der Waals surface area contributed by atoms with E-state index in [-0.39, 0.29) is 5.91 Å². The molecule has 18 heavy (non-hydrogen) atoms. The van der Waals surface area contributed by atoms with Crippen LogP contribution in [0, 0.1) is 0 Å². The molecule has 0 radical (unpaired) electrons. The minimum absolute atomic E-state index is 0.0575. The summed E-state index contributed by atoms with van der Waals surface area (Å²) in [4.78, 5) is 14.4. The van der Waals surface area contributed by atoms with Crippen LogP contribution in [0.4, 0.5) is 0 Å². The van der Waals surface area contributed by atoms with Gasteiger partial charge in [0.1, 0.15) is 0 Å². The van der Waals surface area contributed by atoms with Gasteiger partial charge in [-0.3, -0.25) is 4.79 Å². The van der Waals surface area contributed by atoms with Gasteiger partial charge in [-0.15, -0.1) is 5.10 Å². The van der Waals surface area contributed by atoms with E-state index in [9.17, 15) is 4.79 Å². The van der Waals surface area contributed by atoms with Crippen molar-refractivity contribution in [3.8, 4) is 0 Å². The van der Waals surface area contributed by atoms with Crippen molar-refractivity contribution >= 4 is 17.4 Å². The number of likely N-dealkylation sites (tertiary alicyclic amines) is 1. The molecule has 0 bridgehead atoms. The molecule has 3 heterocycles. The molecule has 1 N–H and O–H groups in total. The third kappa shape index (κ3) is 2.27. The van der Waals surface area contributed by atoms with Crippen molar-refractivity contribution < 1.29 is 4.79 Å². The number of aromatic nitrogens is 2. The van der Waals surface area contributed by atoms with Crippen molar-refractivity contribution in [2.24, 2.45) is 0 Å². The van der Waals surface area contributed by atoms with Gasteiger partial charge < -0.3 is 10.2 Å². The van der Waals surface area contributed by atoms with Gasteiger partial charge in [-0.1, -0.05) is 4.49 Å². The van der Waals surface area contributed by atoms with E-state index in [1.165, 1.54) is 30.8 Å². The van der Waals surface area contributed by atoms with Crippen molar-refractivity contribution in [2.75, 3.05) is 13.1 Å². The molecule has 2 fully saturated rings. The van der Waals surface area contributed by atoms with Gasteiger partial charge in [0.2, 0.25) is 0 Å². The molecule has 3 rings (SSSR count). The van der Waals surface area contributed by atoms with E-state index in [0.717, 1.165) is 25.9 Å². The maximum absolute atomic E-state index is 12.4. The second kappa shape index (κ2) is 5.32. The first kappa shape index (κ1) is 12.0. The van der Waals surface area contributed by atoms with Crippen molar-refractivity contribution in [1.29, 1.82) is 0 Å². The summed E-state index contributed by atoms with van der Waals surface area (Å²) >= 11 is 1.24. The topological polar surface area (TPSA) is 58.1 Å². The van der Waals surface area contributed by atoms with Crippen LogP contribution in [0.1, 0.15) is 42.6 Å². The molecule has 5 nitrogen and oxygen atoms in total. The van der Waals surface area contributed by atoms with E-state index >= 15 is 0 Å². The lowest BCUT2D eigenvalue weighted by Crippen LogP contribution is -2.52. The number of hydrogen-bond donors (Lipinski definition) is 1. The van der Waals surface area contributed by atoms with Crippen molar-refractivity contribution in [2.45, 2.75) is 44.2 Å². The third-order valence-corrected chi connectivity index (χ3v) is 4.46. The van der Waals surface area contributed by atoms with Gasteiger partial charge in [-0.05, 0) is 50.2 Å². The monoisotopic (exact) mass is 266 g/mol. The maximum Gasteiger partial charge on any atom is 0.275 e. The third-order valence-electron chi connectivity index (χ3n) is 3.95. The molecule has 0 spiro atoms. The van der Waals surface area contributed by atoms with Crippen LogP contribution in [0.3, 0.4) is 0 Å². The van der Waals surface area contributed by atoms with Crippen LogP contribution in [0.25, 0.3) is 0 Å². The lowest BCUT2D eigenvalue weighted by molar-refractivity contribution is 0.0557. The molecule has 6 heteroatoms. The number of carbonyl (C=O) groups is 1. The normalized spacial score (nSPS) is 28.6. The Kier molecular flexibility index (Phi) is 3.56. The zero-order valence-corrected chi connectivity index (χ0v) is 11.2. The van der Waals surface area contributed by atoms with E-state index in [1.807, 2.05) is 4.90 Å². The number of rotatable bonds is 2. The van der Waals surface area contributed by atoms with Gasteiger partial charge in [-0.25, -0.2) is 0 Å². The Hall–Kier alpha value is -1.01. The van der Waals surface area contributed by atoms with Crippen LogP contribution < -0.4 is 5.32 Å². The zero-order valence-electron chi connectivity index (χ0n) is 10.3. The fourth-order valence-corrected chi connectivity index (χ4v) is 3.50. The molecule has 2 aliphatic heterocycles. The molecule has 0 aliphatic carbocycles. The fourth-order valence-electron chi connectivity index (χ4n) is 3.07. The Bertz CT molecular complexity index is 402. The Labute approximate surface area is 111 Å². The van der Waals surface area contributed by atoms with Crippen molar-refractivity contribution in [3.05, 3.63) is 11.1 Å². The predicted octanol–water partition coefficient (Wildman–Crippen LogP) is 1.28. The predicted molar refractivity (Wildman–Crippen MR) is 69.6 cm³/mol. The van der Waals surface area contributed by atoms with Crippen molar-refractivity contribution in [3.63, 3.8) is 0 Å². The van der Waals surface area contributed by atoms with Crippen LogP contribution in [0.15, 0.2) is 5.38 Å². The summed E-state index contributed by atoms with van der Waals surface area (Å²) in [6.45, 7) is 1.95. The number of carbonyl (C=O) groups excluding carboxylic acids is 1. The second-order valence-corrected chi connectivity index (χ2v) is 5.66. The standard InChI is InChI=1S/C12H18N4OS/c17-12(10-8-18-15-14-10)16-7-2-1-5-11(16)9-4-3-6-13-9/h8-9,11,13H,1-7H2. The number of hydrogen-bond acceptors (Lipinski definition) is 5. The molecule has 0 saturated carbocycles. The van der Waals surface area contributed by atoms with Crippen LogP contribution in [0.2, 0.25) is 0 Å². The molecule has 1 aromatic rings. The largest absolute Gasteiger partial charge is 0.333 e. The lowest BCUT2D eigenvalue weighted by Gasteiger charge is -2.38. The molecule has 1 aromatic heterocycles. The average molecular weight is 266 g/mol. The molecule has 2 atom stereocenters. The van der Waals surface area contributed by atoms with Crippen LogP contribution in [-0.4, -0.2) is 45.6 Å². The lowest BCUT2D eigenvalue weighted by atomic mass is 9.94. The number of piperidine rings is 1. The summed E-state index contributed by atoms with van der Waals surface area (Å²) in [5, 5.41) is 9.18. The fraction of sp³-hybridized carbons (Fsp3) is 0.750. The van der Waals surface area contributed by atoms with Gasteiger partial charge in [0.25, 0.3) is 5.91 Å². The Morgan fingerprint density at radius 1 is 1.39 bits per heavy atom. The summed E-state index contributed by atoms with van der Waals surface area (Å²) in [6, 6.07) is 0.816. The summed E-state index contributed by atoms with van der Waals surface area (Å²) in [7, 11) is 0. The van der Waals surface area contributed by atoms with Gasteiger partial charge in [0.15, 0.2) is 5.69 Å². The van der Waals surface area contributed by atoms with E-state index < -0.39 is 0 Å². The smallest absolute Gasteiger partial charge is 0.275 e. The Balaban J connectivity index is 1.76. The minimum Gasteiger partial charge on any atom is -0.333 e. The molecule has 98 valence electrons. The zero-order chi connectivity index (χ0) is 12.4. The van der Waals surface area contributed by atoms with E-state index in [4.69, 9.17) is 0 Å². The molecule has 2 unspecified atom stereocenters. The molecule has 2 aliphatic rings. The summed E-state index contributed by atoms with van der Waals surface area (Å²) in [5.74, 6) is 0.0575. The summed E-state index contributed by atoms with van der Waals surface area (Å²) in [5.41, 5.74) is 0.505. The Morgan fingerprint density at radius 3 is 3.06 bits per heavy atom. The van der Waals surface area contributed by atoms with Crippen molar-refractivity contribution in [1.82, 2.24) is 19.8 Å². The Morgan fingerprint density at radius 2 is 2.33 bits per heavy atom. The van der Waals surface area contributed by atoms with Gasteiger partial charge in [0, 0.05) is 24.0 Å². The highest BCUT2D eigenvalue weighted by atomic mass is 32.1. The van der Waals surface area contributed by atoms with Gasteiger partial charge in [-0.2, -0.15) is 0 Å². The highest BCUT2D eigenvalue weighted by Gasteiger charge is 2.35. The molecule has 1 amide bonds. The molecule has 2 saturated heterocycles. The summed E-state index contributed by atoms with van der Waals surface area (Å²) in [6.07, 6.45) is 5.85. The molecular weight excluding hydrogens is 248 g/mol. The quantitative estimate of drug-likeness (QED) is 0.876. The van der Waals surface area contributed by atoms with Crippen LogP contribution in [0.5, 0.6) is 0 Å². The van der Waals surface area contributed by atoms with E-state index in [2.05, 4.69) is 14.9 Å². The second-order valence-electron chi connectivity index (χ2n) is 5.05. The highest BCUT2D eigenvalue weighted by molar-refractivity contribution is 7.03. The van der Waals surface area contributed by atoms with E-state index in [1.54, 1.807) is 5.38 Å². The number of nitrogens with zero attached hydrogens (tertiary/aromatic N) is 3. The van der Waals surface area contributed by atoms with Gasteiger partial charge >= 0.3 is 0 Å². The van der Waals surface area contributed by atoms with Gasteiger partial charge in [0.05, 0.1) is 0 Å². The number of amides is 1.